The third kappa shape index (κ3) is 2.87. The Bertz CT molecular complexity index is 1040. The van der Waals surface area contributed by atoms with Gasteiger partial charge in [-0.1, -0.05) is 18.2 Å². The number of anilines is 2. The molecule has 1 aliphatic heterocycles. The molecule has 3 aromatic rings. The number of hydrogen-bond acceptors (Lipinski definition) is 4. The van der Waals surface area contributed by atoms with Gasteiger partial charge in [0.2, 0.25) is 0 Å². The molecule has 0 atom stereocenters. The van der Waals surface area contributed by atoms with Gasteiger partial charge in [-0.2, -0.15) is 0 Å². The normalized spacial score (nSPS) is 12.9. The number of pyridine rings is 1. The topological polar surface area (TPSA) is 79.4 Å². The van der Waals surface area contributed by atoms with Crippen molar-refractivity contribution in [1.29, 1.82) is 0 Å². The number of fused-ring (bicyclic) bond motifs is 1. The molecule has 0 unspecified atom stereocenters. The largest absolute Gasteiger partial charge is 0.322 e. The minimum absolute atomic E-state index is 0.314. The third-order valence-corrected chi connectivity index (χ3v) is 4.45. The minimum Gasteiger partial charge on any atom is -0.322 e. The number of amides is 3. The minimum atomic E-state index is -0.371. The number of carbonyl (C=O) groups excluding carboxylic acids is 3. The lowest BCUT2D eigenvalue weighted by Gasteiger charge is -2.17. The number of benzene rings is 2. The number of imide groups is 1. The van der Waals surface area contributed by atoms with Crippen LogP contribution in [0.1, 0.15) is 36.6 Å². The Morgan fingerprint density at radius 3 is 2.30 bits per heavy atom. The summed E-state index contributed by atoms with van der Waals surface area (Å²) in [6.45, 7) is 1.84. The maximum atomic E-state index is 12.7. The van der Waals surface area contributed by atoms with Crippen molar-refractivity contribution < 1.29 is 14.4 Å². The highest BCUT2D eigenvalue weighted by Gasteiger charge is 2.36. The fraction of sp³-hybridized carbons (Fsp3) is 0.0476. The lowest BCUT2D eigenvalue weighted by Crippen LogP contribution is -2.29. The number of rotatable bonds is 3. The zero-order valence-corrected chi connectivity index (χ0v) is 14.5. The van der Waals surface area contributed by atoms with Crippen LogP contribution in [0.15, 0.2) is 67.0 Å². The molecule has 4 rings (SSSR count). The molecule has 0 fully saturated rings. The Kier molecular flexibility index (Phi) is 4.01. The van der Waals surface area contributed by atoms with Gasteiger partial charge in [0, 0.05) is 18.1 Å². The molecule has 1 N–H and O–H groups in total. The fourth-order valence-corrected chi connectivity index (χ4v) is 3.00. The van der Waals surface area contributed by atoms with Crippen molar-refractivity contribution in [2.75, 3.05) is 10.2 Å². The average molecular weight is 357 g/mol. The highest BCUT2D eigenvalue weighted by Crippen LogP contribution is 2.31. The average Bonchev–Trinajstić information content (AvgIpc) is 2.95. The van der Waals surface area contributed by atoms with Gasteiger partial charge in [0.25, 0.3) is 17.7 Å². The summed E-state index contributed by atoms with van der Waals surface area (Å²) in [5, 5.41) is 2.81. The van der Waals surface area contributed by atoms with Gasteiger partial charge in [-0.15, -0.1) is 0 Å². The summed E-state index contributed by atoms with van der Waals surface area (Å²) < 4.78 is 0. The van der Waals surface area contributed by atoms with Crippen molar-refractivity contribution in [3.63, 3.8) is 0 Å². The van der Waals surface area contributed by atoms with Gasteiger partial charge >= 0.3 is 0 Å². The van der Waals surface area contributed by atoms with Crippen LogP contribution >= 0.6 is 0 Å². The SMILES string of the molecule is Cc1ccc(N2C(=O)c3ccccc3C2=O)cc1NC(=O)c1cccnc1. The van der Waals surface area contributed by atoms with Gasteiger partial charge in [-0.25, -0.2) is 4.90 Å². The van der Waals surface area contributed by atoms with Crippen molar-refractivity contribution in [2.24, 2.45) is 0 Å². The summed E-state index contributed by atoms with van der Waals surface area (Å²) in [5.41, 5.74) is 2.93. The molecule has 2 heterocycles. The summed E-state index contributed by atoms with van der Waals surface area (Å²) in [6.07, 6.45) is 3.06. The Hall–Kier alpha value is -3.80. The second-order valence-electron chi connectivity index (χ2n) is 6.19. The van der Waals surface area contributed by atoms with Gasteiger partial charge in [-0.05, 0) is 48.9 Å². The van der Waals surface area contributed by atoms with Crippen molar-refractivity contribution >= 4 is 29.1 Å². The van der Waals surface area contributed by atoms with Crippen LogP contribution in [0.3, 0.4) is 0 Å². The van der Waals surface area contributed by atoms with E-state index in [-0.39, 0.29) is 17.7 Å². The molecule has 0 bridgehead atoms. The van der Waals surface area contributed by atoms with E-state index < -0.39 is 0 Å². The highest BCUT2D eigenvalue weighted by molar-refractivity contribution is 6.34. The zero-order valence-electron chi connectivity index (χ0n) is 14.5. The first kappa shape index (κ1) is 16.7. The fourth-order valence-electron chi connectivity index (χ4n) is 3.00. The van der Waals surface area contributed by atoms with E-state index in [1.54, 1.807) is 60.8 Å². The maximum absolute atomic E-state index is 12.7. The van der Waals surface area contributed by atoms with E-state index in [2.05, 4.69) is 10.3 Å². The summed E-state index contributed by atoms with van der Waals surface area (Å²) in [4.78, 5) is 42.8. The van der Waals surface area contributed by atoms with E-state index in [9.17, 15) is 14.4 Å². The summed E-state index contributed by atoms with van der Waals surface area (Å²) >= 11 is 0. The van der Waals surface area contributed by atoms with E-state index in [1.807, 2.05) is 6.92 Å². The lowest BCUT2D eigenvalue weighted by molar-refractivity contribution is 0.0925. The first-order valence-corrected chi connectivity index (χ1v) is 8.36. The molecule has 2 aromatic carbocycles. The van der Waals surface area contributed by atoms with Crippen LogP contribution in [-0.4, -0.2) is 22.7 Å². The molecule has 0 radical (unpaired) electrons. The monoisotopic (exact) mass is 357 g/mol. The molecule has 1 aromatic heterocycles. The summed E-state index contributed by atoms with van der Waals surface area (Å²) in [6, 6.07) is 15.1. The first-order chi connectivity index (χ1) is 13.1. The van der Waals surface area contributed by atoms with Gasteiger partial charge in [0.15, 0.2) is 0 Å². The number of aromatic nitrogens is 1. The summed E-state index contributed by atoms with van der Waals surface area (Å²) in [7, 11) is 0. The molecule has 27 heavy (non-hydrogen) atoms. The smallest absolute Gasteiger partial charge is 0.266 e. The Labute approximate surface area is 155 Å². The molecule has 132 valence electrons. The zero-order chi connectivity index (χ0) is 19.0. The van der Waals surface area contributed by atoms with E-state index >= 15 is 0 Å². The number of nitrogens with one attached hydrogen (secondary N) is 1. The molecule has 1 aliphatic rings. The highest BCUT2D eigenvalue weighted by atomic mass is 16.2. The van der Waals surface area contributed by atoms with Crippen LogP contribution in [0.25, 0.3) is 0 Å². The van der Waals surface area contributed by atoms with Gasteiger partial charge in [0.1, 0.15) is 0 Å². The molecule has 0 saturated heterocycles. The molecule has 0 spiro atoms. The molecule has 0 saturated carbocycles. The standard InChI is InChI=1S/C21H15N3O3/c1-13-8-9-15(11-18(13)23-19(25)14-5-4-10-22-12-14)24-20(26)16-6-2-3-7-17(16)21(24)27/h2-12H,1H3,(H,23,25). The second-order valence-corrected chi connectivity index (χ2v) is 6.19. The number of aryl methyl sites for hydroxylation is 1. The van der Waals surface area contributed by atoms with Crippen molar-refractivity contribution in [2.45, 2.75) is 6.92 Å². The van der Waals surface area contributed by atoms with Crippen LogP contribution < -0.4 is 10.2 Å². The van der Waals surface area contributed by atoms with Crippen LogP contribution in [0.5, 0.6) is 0 Å². The quantitative estimate of drug-likeness (QED) is 0.728. The molecular formula is C21H15N3O3. The number of hydrogen-bond donors (Lipinski definition) is 1. The van der Waals surface area contributed by atoms with Gasteiger partial charge in [-0.3, -0.25) is 19.4 Å². The molecule has 6 nitrogen and oxygen atoms in total. The van der Waals surface area contributed by atoms with Crippen molar-refractivity contribution in [3.05, 3.63) is 89.2 Å². The van der Waals surface area contributed by atoms with E-state index in [4.69, 9.17) is 0 Å². The summed E-state index contributed by atoms with van der Waals surface area (Å²) in [5.74, 6) is -1.06. The van der Waals surface area contributed by atoms with E-state index in [0.29, 0.717) is 28.1 Å². The lowest BCUT2D eigenvalue weighted by atomic mass is 10.1. The van der Waals surface area contributed by atoms with Crippen molar-refractivity contribution in [3.8, 4) is 0 Å². The van der Waals surface area contributed by atoms with Crippen LogP contribution in [0, 0.1) is 6.92 Å². The Morgan fingerprint density at radius 1 is 0.963 bits per heavy atom. The van der Waals surface area contributed by atoms with Crippen molar-refractivity contribution in [1.82, 2.24) is 4.98 Å². The molecular weight excluding hydrogens is 342 g/mol. The number of carbonyl (C=O) groups is 3. The van der Waals surface area contributed by atoms with Crippen LogP contribution in [-0.2, 0) is 0 Å². The van der Waals surface area contributed by atoms with E-state index in [1.165, 1.54) is 6.20 Å². The first-order valence-electron chi connectivity index (χ1n) is 8.36. The second kappa shape index (κ2) is 6.49. The van der Waals surface area contributed by atoms with Crippen LogP contribution in [0.4, 0.5) is 11.4 Å². The molecule has 0 aliphatic carbocycles. The van der Waals surface area contributed by atoms with E-state index in [0.717, 1.165) is 10.5 Å². The predicted molar refractivity (Wildman–Crippen MR) is 101 cm³/mol. The van der Waals surface area contributed by atoms with Gasteiger partial charge in [0.05, 0.1) is 22.4 Å². The maximum Gasteiger partial charge on any atom is 0.266 e. The Morgan fingerprint density at radius 2 is 1.67 bits per heavy atom. The number of nitrogens with zero attached hydrogens (tertiary/aromatic N) is 2. The molecule has 6 heteroatoms. The third-order valence-electron chi connectivity index (χ3n) is 4.45. The Balaban J connectivity index is 1.67. The van der Waals surface area contributed by atoms with Crippen LogP contribution in [0.2, 0.25) is 0 Å². The molecule has 3 amide bonds. The van der Waals surface area contributed by atoms with Gasteiger partial charge < -0.3 is 5.32 Å². The predicted octanol–water partition coefficient (Wildman–Crippen LogP) is 3.44.